The Hall–Kier alpha value is -3.47. The molecule has 0 radical (unpaired) electrons. The van der Waals surface area contributed by atoms with Crippen LogP contribution in [0.5, 0.6) is 5.75 Å². The number of rotatable bonds is 3. The highest BCUT2D eigenvalue weighted by Gasteiger charge is 2.46. The summed E-state index contributed by atoms with van der Waals surface area (Å²) in [5.41, 5.74) is 4.40. The van der Waals surface area contributed by atoms with Gasteiger partial charge in [-0.3, -0.25) is 9.59 Å². The molecule has 0 aromatic heterocycles. The molecule has 1 aliphatic heterocycles. The second-order valence-electron chi connectivity index (χ2n) is 11.5. The molecule has 3 aliphatic rings. The van der Waals surface area contributed by atoms with Gasteiger partial charge >= 0.3 is 5.97 Å². The number of ketones is 2. The molecule has 5 rings (SSSR count). The van der Waals surface area contributed by atoms with Crippen LogP contribution in [0.2, 0.25) is 0 Å². The molecule has 0 unspecified atom stereocenters. The van der Waals surface area contributed by atoms with E-state index >= 15 is 0 Å². The third kappa shape index (κ3) is 4.47. The van der Waals surface area contributed by atoms with E-state index in [9.17, 15) is 14.4 Å². The van der Waals surface area contributed by atoms with Crippen LogP contribution in [0.25, 0.3) is 0 Å². The SMILES string of the molecule is CC1(C)CC(=O)C2=C(C1)NC1=C(C(=O)CC(C)(C)C1)C2c1ccc(OC(=O)c2ccccc2)cc1. The average molecular weight is 470 g/mol. The maximum absolute atomic E-state index is 13.4. The number of esters is 1. The van der Waals surface area contributed by atoms with Gasteiger partial charge < -0.3 is 10.1 Å². The topological polar surface area (TPSA) is 72.5 Å². The van der Waals surface area contributed by atoms with Crippen molar-refractivity contribution in [2.24, 2.45) is 10.8 Å². The van der Waals surface area contributed by atoms with Crippen molar-refractivity contribution in [3.05, 3.63) is 88.3 Å². The first-order valence-corrected chi connectivity index (χ1v) is 12.2. The molecule has 180 valence electrons. The van der Waals surface area contributed by atoms with Crippen LogP contribution in [-0.4, -0.2) is 17.5 Å². The summed E-state index contributed by atoms with van der Waals surface area (Å²) in [6.45, 7) is 8.45. The van der Waals surface area contributed by atoms with E-state index in [-0.39, 0.29) is 22.4 Å². The minimum Gasteiger partial charge on any atom is -0.423 e. The lowest BCUT2D eigenvalue weighted by atomic mass is 9.64. The van der Waals surface area contributed by atoms with Crippen molar-refractivity contribution >= 4 is 17.5 Å². The lowest BCUT2D eigenvalue weighted by Crippen LogP contribution is -2.42. The quantitative estimate of drug-likeness (QED) is 0.449. The smallest absolute Gasteiger partial charge is 0.343 e. The van der Waals surface area contributed by atoms with E-state index in [2.05, 4.69) is 33.0 Å². The van der Waals surface area contributed by atoms with Gasteiger partial charge in [0.1, 0.15) is 5.75 Å². The Labute approximate surface area is 206 Å². The largest absolute Gasteiger partial charge is 0.423 e. The average Bonchev–Trinajstić information content (AvgIpc) is 2.77. The first kappa shape index (κ1) is 23.3. The van der Waals surface area contributed by atoms with E-state index in [1.165, 1.54) is 0 Å². The molecule has 2 aliphatic carbocycles. The summed E-state index contributed by atoms with van der Waals surface area (Å²) in [5, 5.41) is 3.53. The second kappa shape index (κ2) is 8.33. The van der Waals surface area contributed by atoms with Crippen LogP contribution in [-0.2, 0) is 9.59 Å². The van der Waals surface area contributed by atoms with Crippen LogP contribution in [0.4, 0.5) is 0 Å². The van der Waals surface area contributed by atoms with Gasteiger partial charge in [-0.05, 0) is 53.5 Å². The van der Waals surface area contributed by atoms with Crippen molar-refractivity contribution in [1.29, 1.82) is 0 Å². The van der Waals surface area contributed by atoms with E-state index in [0.29, 0.717) is 35.3 Å². The number of hydrogen-bond donors (Lipinski definition) is 1. The lowest BCUT2D eigenvalue weighted by Gasteiger charge is -2.44. The zero-order valence-corrected chi connectivity index (χ0v) is 20.7. The molecule has 0 saturated carbocycles. The molecule has 0 fully saturated rings. The predicted molar refractivity (Wildman–Crippen MR) is 134 cm³/mol. The Morgan fingerprint density at radius 3 is 1.80 bits per heavy atom. The van der Waals surface area contributed by atoms with Gasteiger partial charge in [-0.1, -0.05) is 58.0 Å². The van der Waals surface area contributed by atoms with Crippen LogP contribution in [0.1, 0.15) is 75.2 Å². The summed E-state index contributed by atoms with van der Waals surface area (Å²) in [6.07, 6.45) is 2.45. The molecule has 0 amide bonds. The Morgan fingerprint density at radius 2 is 1.29 bits per heavy atom. The second-order valence-corrected chi connectivity index (χ2v) is 11.5. The third-order valence-electron chi connectivity index (χ3n) is 7.15. The summed E-state index contributed by atoms with van der Waals surface area (Å²) in [4.78, 5) is 39.3. The minimum absolute atomic E-state index is 0.0949. The van der Waals surface area contributed by atoms with Crippen molar-refractivity contribution in [2.45, 2.75) is 59.3 Å². The Morgan fingerprint density at radius 1 is 0.771 bits per heavy atom. The van der Waals surface area contributed by atoms with Gasteiger partial charge in [0.2, 0.25) is 0 Å². The maximum atomic E-state index is 13.4. The van der Waals surface area contributed by atoms with Crippen LogP contribution in [0.15, 0.2) is 77.1 Å². The minimum atomic E-state index is -0.426. The van der Waals surface area contributed by atoms with E-state index < -0.39 is 11.9 Å². The fourth-order valence-corrected chi connectivity index (χ4v) is 5.69. The Kier molecular flexibility index (Phi) is 5.54. The molecule has 1 N–H and O–H groups in total. The molecule has 0 saturated heterocycles. The zero-order valence-electron chi connectivity index (χ0n) is 20.7. The first-order valence-electron chi connectivity index (χ1n) is 12.2. The molecule has 5 heteroatoms. The summed E-state index contributed by atoms with van der Waals surface area (Å²) in [6, 6.07) is 16.1. The number of allylic oxidation sites excluding steroid dienone is 4. The van der Waals surface area contributed by atoms with E-state index in [0.717, 1.165) is 29.8 Å². The third-order valence-corrected chi connectivity index (χ3v) is 7.15. The number of carbonyl (C=O) groups excluding carboxylic acids is 3. The molecular formula is C30H31NO4. The molecular weight excluding hydrogens is 438 g/mol. The normalized spacial score (nSPS) is 21.3. The highest BCUT2D eigenvalue weighted by molar-refractivity contribution is 6.06. The van der Waals surface area contributed by atoms with Crippen molar-refractivity contribution < 1.29 is 19.1 Å². The van der Waals surface area contributed by atoms with Crippen LogP contribution in [0, 0.1) is 10.8 Å². The fraction of sp³-hybridized carbons (Fsp3) is 0.367. The Balaban J connectivity index is 1.52. The summed E-state index contributed by atoms with van der Waals surface area (Å²) < 4.78 is 5.54. The van der Waals surface area contributed by atoms with Gasteiger partial charge in [0, 0.05) is 41.3 Å². The van der Waals surface area contributed by atoms with Gasteiger partial charge in [0.15, 0.2) is 11.6 Å². The zero-order chi connectivity index (χ0) is 25.0. The van der Waals surface area contributed by atoms with Crippen molar-refractivity contribution in [2.75, 3.05) is 0 Å². The molecule has 5 nitrogen and oxygen atoms in total. The van der Waals surface area contributed by atoms with Crippen molar-refractivity contribution in [1.82, 2.24) is 5.32 Å². The van der Waals surface area contributed by atoms with Gasteiger partial charge in [-0.2, -0.15) is 0 Å². The van der Waals surface area contributed by atoms with Gasteiger partial charge in [0.25, 0.3) is 0 Å². The van der Waals surface area contributed by atoms with Gasteiger partial charge in [-0.15, -0.1) is 0 Å². The molecule has 35 heavy (non-hydrogen) atoms. The monoisotopic (exact) mass is 469 g/mol. The molecule has 2 aromatic carbocycles. The van der Waals surface area contributed by atoms with Gasteiger partial charge in [-0.25, -0.2) is 4.79 Å². The van der Waals surface area contributed by atoms with Crippen LogP contribution >= 0.6 is 0 Å². The maximum Gasteiger partial charge on any atom is 0.343 e. The van der Waals surface area contributed by atoms with Crippen molar-refractivity contribution in [3.63, 3.8) is 0 Å². The molecule has 0 spiro atoms. The number of Topliss-reactive ketones (excluding diaryl/α,β-unsaturated/α-hetero) is 2. The highest BCUT2D eigenvalue weighted by Crippen LogP contribution is 2.51. The van der Waals surface area contributed by atoms with Crippen LogP contribution < -0.4 is 10.1 Å². The standard InChI is InChI=1S/C30H31NO4/c1-29(2)14-21-26(23(32)16-29)25(27-22(31-21)15-30(3,4)17-24(27)33)18-10-12-20(13-11-18)35-28(34)19-8-6-5-7-9-19/h5-13,25,31H,14-17H2,1-4H3. The summed E-state index contributed by atoms with van der Waals surface area (Å²) in [7, 11) is 0. The molecule has 1 heterocycles. The lowest BCUT2D eigenvalue weighted by molar-refractivity contribution is -0.119. The summed E-state index contributed by atoms with van der Waals surface area (Å²) >= 11 is 0. The number of carbonyl (C=O) groups is 3. The van der Waals surface area contributed by atoms with Crippen LogP contribution in [0.3, 0.4) is 0 Å². The summed E-state index contributed by atoms with van der Waals surface area (Å²) in [5.74, 6) is -0.209. The fourth-order valence-electron chi connectivity index (χ4n) is 5.69. The molecule has 2 aromatic rings. The number of ether oxygens (including phenoxy) is 1. The highest BCUT2D eigenvalue weighted by atomic mass is 16.5. The predicted octanol–water partition coefficient (Wildman–Crippen LogP) is 5.88. The van der Waals surface area contributed by atoms with E-state index in [4.69, 9.17) is 4.74 Å². The Bertz CT molecular complexity index is 1230. The molecule has 0 atom stereocenters. The van der Waals surface area contributed by atoms with Crippen molar-refractivity contribution in [3.8, 4) is 5.75 Å². The number of nitrogens with one attached hydrogen (secondary N) is 1. The number of hydrogen-bond acceptors (Lipinski definition) is 5. The molecule has 0 bridgehead atoms. The van der Waals surface area contributed by atoms with Gasteiger partial charge in [0.05, 0.1) is 5.56 Å². The number of dihydropyridines is 1. The van der Waals surface area contributed by atoms with E-state index in [1.54, 1.807) is 36.4 Å². The number of benzene rings is 2. The van der Waals surface area contributed by atoms with E-state index in [1.807, 2.05) is 18.2 Å². The first-order chi connectivity index (χ1) is 16.5.